The molecule has 0 aliphatic rings. The van der Waals surface area contributed by atoms with Gasteiger partial charge in [-0.05, 0) is 34.5 Å². The molecule has 0 atom stereocenters. The number of rotatable bonds is 3. The monoisotopic (exact) mass is 680 g/mol. The van der Waals surface area contributed by atoms with Gasteiger partial charge in [-0.15, -0.1) is 0 Å². The molecule has 0 heterocycles. The fourth-order valence-corrected chi connectivity index (χ4v) is 5.56. The number of hydrogen-bond acceptors (Lipinski definition) is 0. The minimum Gasteiger partial charge on any atom is -0.206 e. The molecule has 0 aliphatic heterocycles. The lowest BCUT2D eigenvalue weighted by molar-refractivity contribution is 0.414. The number of fused-ring (bicyclic) bond motifs is 3. The molecular formula is C30H5BF16. The smallest absolute Gasteiger partial charge is 0.206 e. The van der Waals surface area contributed by atoms with Gasteiger partial charge in [-0.25, -0.2) is 70.2 Å². The van der Waals surface area contributed by atoms with Crippen LogP contribution in [0.5, 0.6) is 0 Å². The van der Waals surface area contributed by atoms with Crippen LogP contribution in [0.1, 0.15) is 0 Å². The van der Waals surface area contributed by atoms with Crippen molar-refractivity contribution < 1.29 is 70.2 Å². The van der Waals surface area contributed by atoms with Crippen molar-refractivity contribution in [3.8, 4) is 0 Å². The van der Waals surface area contributed by atoms with Crippen LogP contribution >= 0.6 is 0 Å². The predicted octanol–water partition coefficient (Wildman–Crippen LogP) is 7.89. The lowest BCUT2D eigenvalue weighted by Crippen LogP contribution is -2.56. The summed E-state index contributed by atoms with van der Waals surface area (Å²) in [5.74, 6) is -39.1. The molecule has 0 nitrogen and oxygen atoms in total. The molecule has 6 aromatic rings. The Bertz CT molecular complexity index is 2390. The zero-order valence-electron chi connectivity index (χ0n) is 22.0. The maximum absolute atomic E-state index is 16.2. The van der Waals surface area contributed by atoms with Crippen LogP contribution in [-0.4, -0.2) is 6.71 Å². The van der Waals surface area contributed by atoms with Crippen molar-refractivity contribution in [3.05, 3.63) is 123 Å². The Labute approximate surface area is 249 Å². The summed E-state index contributed by atoms with van der Waals surface area (Å²) in [6.45, 7) is -2.89. The molecule has 0 bridgehead atoms. The summed E-state index contributed by atoms with van der Waals surface area (Å²) in [7, 11) is 0. The minimum atomic E-state index is -2.89. The fourth-order valence-electron chi connectivity index (χ4n) is 5.56. The Morgan fingerprint density at radius 2 is 0.723 bits per heavy atom. The van der Waals surface area contributed by atoms with Gasteiger partial charge >= 0.3 is 0 Å². The van der Waals surface area contributed by atoms with Gasteiger partial charge < -0.3 is 0 Å². The van der Waals surface area contributed by atoms with Crippen LogP contribution < -0.4 is 16.4 Å². The summed E-state index contributed by atoms with van der Waals surface area (Å²) in [6.07, 6.45) is 0. The standard InChI is InChI=1S/C30H5BF16/c32-9-3-1-7(6-5-11(34)20(37)23(40)12(6)9)31(8-2-4-10(33)19(36)18(8)35)17-13-14(24(41)28(45)27(17)44)22(39)16-15(21(13)38)25(42)29(46)30(47)26(16)43/h1-5H. The molecule has 0 radical (unpaired) electrons. The highest BCUT2D eigenvalue weighted by atomic mass is 19.2. The first-order chi connectivity index (χ1) is 22.0. The molecule has 0 aromatic heterocycles. The van der Waals surface area contributed by atoms with Crippen molar-refractivity contribution in [2.24, 2.45) is 0 Å². The lowest BCUT2D eigenvalue weighted by Gasteiger charge is -2.23. The average molecular weight is 680 g/mol. The zero-order chi connectivity index (χ0) is 34.5. The summed E-state index contributed by atoms with van der Waals surface area (Å²) in [4.78, 5) is 0. The third-order valence-electron chi connectivity index (χ3n) is 7.60. The first-order valence-corrected chi connectivity index (χ1v) is 12.5. The molecule has 6 rings (SSSR count). The normalized spacial score (nSPS) is 11.8. The highest BCUT2D eigenvalue weighted by Crippen LogP contribution is 2.38. The molecule has 0 saturated heterocycles. The molecule has 0 unspecified atom stereocenters. The Morgan fingerprint density at radius 3 is 1.30 bits per heavy atom. The summed E-state index contributed by atoms with van der Waals surface area (Å²) in [5, 5.41) is -11.1. The van der Waals surface area contributed by atoms with Gasteiger partial charge in [0.2, 0.25) is 0 Å². The van der Waals surface area contributed by atoms with E-state index in [0.717, 1.165) is 0 Å². The van der Waals surface area contributed by atoms with Crippen molar-refractivity contribution in [2.75, 3.05) is 0 Å². The van der Waals surface area contributed by atoms with Crippen molar-refractivity contribution in [1.29, 1.82) is 0 Å². The van der Waals surface area contributed by atoms with E-state index in [-0.39, 0.29) is 24.3 Å². The molecule has 47 heavy (non-hydrogen) atoms. The molecule has 0 N–H and O–H groups in total. The van der Waals surface area contributed by atoms with E-state index in [0.29, 0.717) is 6.07 Å². The van der Waals surface area contributed by atoms with Crippen molar-refractivity contribution >= 4 is 55.4 Å². The van der Waals surface area contributed by atoms with E-state index in [9.17, 15) is 43.9 Å². The van der Waals surface area contributed by atoms with Crippen LogP contribution in [-0.2, 0) is 0 Å². The SMILES string of the molecule is Fc1ccc(B(c2ccc(F)c3c(F)c(F)c(F)cc23)c2c(F)c(F)c(F)c3c(F)c4c(F)c(F)c(F)c(F)c4c(F)c23)c(F)c1F. The molecule has 240 valence electrons. The van der Waals surface area contributed by atoms with E-state index in [1.165, 1.54) is 0 Å². The number of benzene rings is 6. The molecule has 17 heteroatoms. The molecule has 0 fully saturated rings. The van der Waals surface area contributed by atoms with Crippen LogP contribution in [0, 0.1) is 93.1 Å². The zero-order valence-corrected chi connectivity index (χ0v) is 22.0. The summed E-state index contributed by atoms with van der Waals surface area (Å²) < 4.78 is 238. The average Bonchev–Trinajstić information content (AvgIpc) is 3.03. The first-order valence-electron chi connectivity index (χ1n) is 12.5. The van der Waals surface area contributed by atoms with Gasteiger partial charge in [0, 0.05) is 5.39 Å². The third kappa shape index (κ3) is 4.27. The van der Waals surface area contributed by atoms with E-state index in [1.807, 2.05) is 0 Å². The van der Waals surface area contributed by atoms with Crippen LogP contribution in [0.3, 0.4) is 0 Å². The quantitative estimate of drug-likeness (QED) is 0.0587. The Morgan fingerprint density at radius 1 is 0.298 bits per heavy atom. The van der Waals surface area contributed by atoms with Gasteiger partial charge in [-0.3, -0.25) is 0 Å². The molecule has 6 aromatic carbocycles. The minimum absolute atomic E-state index is 0.0104. The van der Waals surface area contributed by atoms with E-state index in [4.69, 9.17) is 0 Å². The van der Waals surface area contributed by atoms with Crippen molar-refractivity contribution in [1.82, 2.24) is 0 Å². The molecular weight excluding hydrogens is 675 g/mol. The predicted molar refractivity (Wildman–Crippen MR) is 136 cm³/mol. The topological polar surface area (TPSA) is 0 Å². The van der Waals surface area contributed by atoms with Crippen LogP contribution in [0.25, 0.3) is 32.3 Å². The van der Waals surface area contributed by atoms with E-state index < -0.39 is 148 Å². The van der Waals surface area contributed by atoms with E-state index in [2.05, 4.69) is 0 Å². The highest BCUT2D eigenvalue weighted by molar-refractivity contribution is 6.98. The van der Waals surface area contributed by atoms with Crippen molar-refractivity contribution in [2.45, 2.75) is 0 Å². The Hall–Kier alpha value is -4.96. The van der Waals surface area contributed by atoms with E-state index >= 15 is 26.3 Å². The Balaban J connectivity index is 1.94. The lowest BCUT2D eigenvalue weighted by atomic mass is 9.35. The van der Waals surface area contributed by atoms with Gasteiger partial charge in [0.15, 0.2) is 75.6 Å². The second-order valence-electron chi connectivity index (χ2n) is 9.98. The van der Waals surface area contributed by atoms with E-state index in [1.54, 1.807) is 0 Å². The second-order valence-corrected chi connectivity index (χ2v) is 9.98. The van der Waals surface area contributed by atoms with Gasteiger partial charge in [0.25, 0.3) is 6.71 Å². The molecule has 0 amide bonds. The highest BCUT2D eigenvalue weighted by Gasteiger charge is 2.40. The van der Waals surface area contributed by atoms with Gasteiger partial charge in [0.1, 0.15) is 17.5 Å². The molecule has 0 spiro atoms. The maximum Gasteiger partial charge on any atom is 0.250 e. The number of hydrogen-bond donors (Lipinski definition) is 0. The van der Waals surface area contributed by atoms with Crippen molar-refractivity contribution in [3.63, 3.8) is 0 Å². The summed E-state index contributed by atoms with van der Waals surface area (Å²) in [5.41, 5.74) is -4.47. The van der Waals surface area contributed by atoms with Gasteiger partial charge in [0.05, 0.1) is 21.5 Å². The fraction of sp³-hybridized carbons (Fsp3) is 0. The largest absolute Gasteiger partial charge is 0.250 e. The van der Waals surface area contributed by atoms with Gasteiger partial charge in [-0.1, -0.05) is 17.6 Å². The third-order valence-corrected chi connectivity index (χ3v) is 7.60. The van der Waals surface area contributed by atoms with Crippen LogP contribution in [0.4, 0.5) is 70.2 Å². The second kappa shape index (κ2) is 10.8. The van der Waals surface area contributed by atoms with Crippen LogP contribution in [0.15, 0.2) is 30.3 Å². The summed E-state index contributed by atoms with van der Waals surface area (Å²) in [6, 6.07) is 1.03. The summed E-state index contributed by atoms with van der Waals surface area (Å²) >= 11 is 0. The molecule has 0 saturated carbocycles. The molecule has 0 aliphatic carbocycles. The Kier molecular flexibility index (Phi) is 7.36. The first kappa shape index (κ1) is 32.0. The van der Waals surface area contributed by atoms with Crippen LogP contribution in [0.2, 0.25) is 0 Å². The van der Waals surface area contributed by atoms with Gasteiger partial charge in [-0.2, -0.15) is 0 Å². The number of halogens is 16. The maximum atomic E-state index is 16.2.